The van der Waals surface area contributed by atoms with Crippen molar-refractivity contribution in [3.63, 3.8) is 0 Å². The number of nitrogens with zero attached hydrogens (tertiary/aromatic N) is 3. The minimum Gasteiger partial charge on any atom is -0.349 e. The second-order valence-electron chi connectivity index (χ2n) is 4.96. The number of aromatic nitrogens is 3. The molecule has 2 aromatic heterocycles. The second kappa shape index (κ2) is 6.53. The summed E-state index contributed by atoms with van der Waals surface area (Å²) >= 11 is 1.56. The van der Waals surface area contributed by atoms with Crippen molar-refractivity contribution in [2.75, 3.05) is 0 Å². The summed E-state index contributed by atoms with van der Waals surface area (Å²) in [5.74, 6) is -0.0273. The van der Waals surface area contributed by atoms with E-state index in [1.165, 1.54) is 0 Å². The van der Waals surface area contributed by atoms with Crippen LogP contribution >= 0.6 is 11.3 Å². The van der Waals surface area contributed by atoms with Gasteiger partial charge in [0.2, 0.25) is 5.91 Å². The van der Waals surface area contributed by atoms with E-state index in [0.717, 1.165) is 22.0 Å². The van der Waals surface area contributed by atoms with Crippen LogP contribution in [0.3, 0.4) is 0 Å². The summed E-state index contributed by atoms with van der Waals surface area (Å²) in [6, 6.07) is 9.82. The van der Waals surface area contributed by atoms with E-state index in [0.29, 0.717) is 13.0 Å². The number of rotatable bonds is 5. The fourth-order valence-corrected chi connectivity index (χ4v) is 2.79. The second-order valence-corrected chi connectivity index (χ2v) is 5.91. The highest BCUT2D eigenvalue weighted by molar-refractivity contribution is 7.09. The van der Waals surface area contributed by atoms with Crippen molar-refractivity contribution in [1.29, 1.82) is 0 Å². The highest BCUT2D eigenvalue weighted by Gasteiger charge is 2.07. The van der Waals surface area contributed by atoms with Crippen molar-refractivity contribution >= 4 is 17.2 Å². The van der Waals surface area contributed by atoms with Gasteiger partial charge >= 0.3 is 0 Å². The first-order valence-corrected chi connectivity index (χ1v) is 7.85. The molecule has 1 amide bonds. The summed E-state index contributed by atoms with van der Waals surface area (Å²) < 4.78 is 1.77. The first-order chi connectivity index (χ1) is 10.7. The molecule has 1 N–H and O–H groups in total. The van der Waals surface area contributed by atoms with Crippen LogP contribution in [0.1, 0.15) is 16.3 Å². The molecule has 0 saturated carbocycles. The average molecular weight is 312 g/mol. The third-order valence-electron chi connectivity index (χ3n) is 3.12. The van der Waals surface area contributed by atoms with Crippen LogP contribution < -0.4 is 5.32 Å². The Morgan fingerprint density at radius 3 is 2.86 bits per heavy atom. The normalized spacial score (nSPS) is 10.6. The Balaban J connectivity index is 1.57. The maximum Gasteiger partial charge on any atom is 0.224 e. The predicted octanol–water partition coefficient (Wildman–Crippen LogP) is 2.50. The Morgan fingerprint density at radius 2 is 2.14 bits per heavy atom. The lowest BCUT2D eigenvalue weighted by Gasteiger charge is -2.01. The molecular weight excluding hydrogens is 296 g/mol. The van der Waals surface area contributed by atoms with Crippen LogP contribution in [-0.4, -0.2) is 20.7 Å². The average Bonchev–Trinajstić information content (AvgIpc) is 3.15. The number of hydrogen-bond donors (Lipinski definition) is 1. The Bertz CT molecular complexity index is 763. The van der Waals surface area contributed by atoms with Crippen LogP contribution in [0.15, 0.2) is 48.1 Å². The Hall–Kier alpha value is -2.47. The smallest absolute Gasteiger partial charge is 0.224 e. The van der Waals surface area contributed by atoms with Crippen LogP contribution in [0.25, 0.3) is 5.69 Å². The summed E-state index contributed by atoms with van der Waals surface area (Å²) in [6.45, 7) is 2.42. The van der Waals surface area contributed by atoms with Crippen molar-refractivity contribution in [1.82, 2.24) is 20.1 Å². The van der Waals surface area contributed by atoms with Gasteiger partial charge in [0.15, 0.2) is 0 Å². The third kappa shape index (κ3) is 3.59. The van der Waals surface area contributed by atoms with Crippen molar-refractivity contribution in [3.05, 3.63) is 64.4 Å². The van der Waals surface area contributed by atoms with Gasteiger partial charge in [-0.3, -0.25) is 4.79 Å². The summed E-state index contributed by atoms with van der Waals surface area (Å²) in [5, 5.41) is 10.1. The van der Waals surface area contributed by atoms with Gasteiger partial charge in [-0.15, -0.1) is 11.3 Å². The molecule has 0 unspecified atom stereocenters. The van der Waals surface area contributed by atoms with Crippen LogP contribution in [0.5, 0.6) is 0 Å². The minimum absolute atomic E-state index is 0.0273. The zero-order chi connectivity index (χ0) is 15.4. The Kier molecular flexibility index (Phi) is 4.29. The first-order valence-electron chi connectivity index (χ1n) is 6.97. The van der Waals surface area contributed by atoms with Gasteiger partial charge in [0.25, 0.3) is 0 Å². The number of hydrogen-bond acceptors (Lipinski definition) is 4. The zero-order valence-electron chi connectivity index (χ0n) is 12.2. The van der Waals surface area contributed by atoms with E-state index in [9.17, 15) is 4.79 Å². The maximum atomic E-state index is 12.0. The molecule has 3 rings (SSSR count). The fraction of sp³-hybridized carbons (Fsp3) is 0.188. The van der Waals surface area contributed by atoms with Crippen molar-refractivity contribution in [3.8, 4) is 5.69 Å². The molecule has 3 aromatic rings. The molecule has 0 atom stereocenters. The lowest BCUT2D eigenvalue weighted by Crippen LogP contribution is -2.24. The van der Waals surface area contributed by atoms with Crippen LogP contribution in [0.2, 0.25) is 0 Å². The minimum atomic E-state index is -0.0273. The van der Waals surface area contributed by atoms with Gasteiger partial charge in [0, 0.05) is 17.3 Å². The predicted molar refractivity (Wildman–Crippen MR) is 86.0 cm³/mol. The quantitative estimate of drug-likeness (QED) is 0.787. The van der Waals surface area contributed by atoms with Gasteiger partial charge in [0.1, 0.15) is 5.01 Å². The van der Waals surface area contributed by atoms with Crippen LogP contribution in [-0.2, 0) is 17.8 Å². The molecule has 6 heteroatoms. The molecule has 0 fully saturated rings. The van der Waals surface area contributed by atoms with Crippen molar-refractivity contribution in [2.45, 2.75) is 19.9 Å². The Morgan fingerprint density at radius 1 is 1.32 bits per heavy atom. The van der Waals surface area contributed by atoms with Gasteiger partial charge in [-0.2, -0.15) is 5.10 Å². The van der Waals surface area contributed by atoms with Gasteiger partial charge in [-0.25, -0.2) is 9.67 Å². The van der Waals surface area contributed by atoms with Gasteiger partial charge in [-0.05, 0) is 24.6 Å². The van der Waals surface area contributed by atoms with Crippen LogP contribution in [0, 0.1) is 6.92 Å². The summed E-state index contributed by atoms with van der Waals surface area (Å²) in [6.07, 6.45) is 3.92. The number of aryl methyl sites for hydroxylation is 1. The van der Waals surface area contributed by atoms with Gasteiger partial charge in [0.05, 0.1) is 24.8 Å². The molecule has 22 heavy (non-hydrogen) atoms. The van der Waals surface area contributed by atoms with E-state index >= 15 is 0 Å². The largest absolute Gasteiger partial charge is 0.349 e. The molecule has 0 spiro atoms. The highest BCUT2D eigenvalue weighted by Crippen LogP contribution is 2.09. The van der Waals surface area contributed by atoms with E-state index in [4.69, 9.17) is 0 Å². The zero-order valence-corrected chi connectivity index (χ0v) is 13.0. The van der Waals surface area contributed by atoms with Crippen molar-refractivity contribution in [2.24, 2.45) is 0 Å². The number of thiazole rings is 1. The molecule has 0 saturated heterocycles. The molecule has 0 aliphatic rings. The number of nitrogens with one attached hydrogen (secondary N) is 1. The van der Waals surface area contributed by atoms with E-state index in [-0.39, 0.29) is 5.91 Å². The monoisotopic (exact) mass is 312 g/mol. The number of carbonyl (C=O) groups excluding carboxylic acids is 1. The molecule has 5 nitrogen and oxygen atoms in total. The lowest BCUT2D eigenvalue weighted by molar-refractivity contribution is -0.120. The lowest BCUT2D eigenvalue weighted by atomic mass is 10.2. The summed E-state index contributed by atoms with van der Waals surface area (Å²) in [5.41, 5.74) is 2.85. The molecule has 0 bridgehead atoms. The maximum absolute atomic E-state index is 12.0. The van der Waals surface area contributed by atoms with E-state index in [1.807, 2.05) is 48.8 Å². The third-order valence-corrected chi connectivity index (χ3v) is 4.09. The molecule has 112 valence electrons. The van der Waals surface area contributed by atoms with Gasteiger partial charge in [-0.1, -0.05) is 18.2 Å². The fourth-order valence-electron chi connectivity index (χ4n) is 2.08. The molecule has 0 aliphatic heterocycles. The molecular formula is C16H16N4OS. The van der Waals surface area contributed by atoms with Crippen LogP contribution in [0.4, 0.5) is 0 Å². The summed E-state index contributed by atoms with van der Waals surface area (Å²) in [7, 11) is 0. The highest BCUT2D eigenvalue weighted by atomic mass is 32.1. The van der Waals surface area contributed by atoms with Crippen molar-refractivity contribution < 1.29 is 4.79 Å². The molecule has 0 radical (unpaired) electrons. The topological polar surface area (TPSA) is 59.8 Å². The Labute approximate surface area is 132 Å². The van der Waals surface area contributed by atoms with E-state index in [2.05, 4.69) is 15.4 Å². The van der Waals surface area contributed by atoms with Gasteiger partial charge < -0.3 is 5.32 Å². The number of para-hydroxylation sites is 1. The number of benzene rings is 1. The molecule has 0 aliphatic carbocycles. The number of amides is 1. The SMILES string of the molecule is Cc1csc(CNC(=O)Cc2cnn(-c3ccccc3)c2)n1. The van der Waals surface area contributed by atoms with E-state index < -0.39 is 0 Å². The summed E-state index contributed by atoms with van der Waals surface area (Å²) in [4.78, 5) is 16.3. The molecule has 1 aromatic carbocycles. The number of carbonyl (C=O) groups is 1. The first kappa shape index (κ1) is 14.5. The standard InChI is InChI=1S/C16H16N4OS/c1-12-11-22-16(19-12)9-17-15(21)7-13-8-18-20(10-13)14-5-3-2-4-6-14/h2-6,8,10-11H,7,9H2,1H3,(H,17,21). The van der Waals surface area contributed by atoms with E-state index in [1.54, 1.807) is 22.2 Å². The molecule has 2 heterocycles.